The molecule has 136 valence electrons. The molecule has 2 aromatic rings. The van der Waals surface area contributed by atoms with Crippen LogP contribution >= 0.6 is 0 Å². The molecule has 0 saturated heterocycles. The second kappa shape index (κ2) is 8.48. The number of hydrogen-bond donors (Lipinski definition) is 1. The van der Waals surface area contributed by atoms with Crippen molar-refractivity contribution in [1.82, 2.24) is 9.88 Å². The minimum absolute atomic E-state index is 0.0527. The number of carbonyl (C=O) groups is 1. The van der Waals surface area contributed by atoms with Crippen molar-refractivity contribution in [3.8, 4) is 6.07 Å². The third kappa shape index (κ3) is 4.82. The van der Waals surface area contributed by atoms with E-state index < -0.39 is 5.91 Å². The highest BCUT2D eigenvalue weighted by Gasteiger charge is 2.13. The molecular formula is C21H24FN3O. The van der Waals surface area contributed by atoms with Gasteiger partial charge in [0.1, 0.15) is 17.5 Å². The van der Waals surface area contributed by atoms with Gasteiger partial charge >= 0.3 is 0 Å². The highest BCUT2D eigenvalue weighted by molar-refractivity contribution is 6.01. The molecular weight excluding hydrogens is 329 g/mol. The maximum Gasteiger partial charge on any atom is 0.262 e. The molecule has 5 heteroatoms. The van der Waals surface area contributed by atoms with E-state index in [1.165, 1.54) is 12.1 Å². The van der Waals surface area contributed by atoms with Crippen molar-refractivity contribution < 1.29 is 9.18 Å². The quantitative estimate of drug-likeness (QED) is 0.627. The third-order valence-electron chi connectivity index (χ3n) is 4.19. The van der Waals surface area contributed by atoms with Gasteiger partial charge in [-0.25, -0.2) is 4.39 Å². The second-order valence-electron chi connectivity index (χ2n) is 6.81. The minimum atomic E-state index is -0.439. The Hall–Kier alpha value is -2.87. The van der Waals surface area contributed by atoms with Gasteiger partial charge in [0.05, 0.1) is 0 Å². The fourth-order valence-corrected chi connectivity index (χ4v) is 2.80. The second-order valence-corrected chi connectivity index (χ2v) is 6.81. The van der Waals surface area contributed by atoms with Gasteiger partial charge in [-0.15, -0.1) is 0 Å². The number of hydrogen-bond acceptors (Lipinski definition) is 2. The van der Waals surface area contributed by atoms with Gasteiger partial charge in [-0.2, -0.15) is 5.26 Å². The summed E-state index contributed by atoms with van der Waals surface area (Å²) in [6.07, 6.45) is 1.62. The molecule has 0 fully saturated rings. The van der Waals surface area contributed by atoms with Crippen LogP contribution in [0.4, 0.5) is 4.39 Å². The van der Waals surface area contributed by atoms with Crippen molar-refractivity contribution in [2.75, 3.05) is 0 Å². The van der Waals surface area contributed by atoms with Gasteiger partial charge in [0, 0.05) is 24.5 Å². The third-order valence-corrected chi connectivity index (χ3v) is 4.19. The van der Waals surface area contributed by atoms with Gasteiger partial charge < -0.3 is 9.88 Å². The average Bonchev–Trinajstić information content (AvgIpc) is 2.86. The SMILES string of the molecule is Cc1cc(/C=C(\C#N)C(=O)NCc2ccc(F)cc2)c(C)n1CC(C)C. The number of aryl methyl sites for hydroxylation is 1. The largest absolute Gasteiger partial charge is 0.348 e. The monoisotopic (exact) mass is 353 g/mol. The van der Waals surface area contributed by atoms with Crippen LogP contribution in [0, 0.1) is 36.9 Å². The Morgan fingerprint density at radius 2 is 1.96 bits per heavy atom. The fourth-order valence-electron chi connectivity index (χ4n) is 2.80. The lowest BCUT2D eigenvalue weighted by Gasteiger charge is -2.12. The molecule has 0 saturated carbocycles. The van der Waals surface area contributed by atoms with E-state index >= 15 is 0 Å². The molecule has 1 aromatic carbocycles. The van der Waals surface area contributed by atoms with Gasteiger partial charge in [0.25, 0.3) is 5.91 Å². The zero-order valence-electron chi connectivity index (χ0n) is 15.6. The van der Waals surface area contributed by atoms with Crippen LogP contribution in [-0.4, -0.2) is 10.5 Å². The molecule has 0 atom stereocenters. The highest BCUT2D eigenvalue weighted by atomic mass is 19.1. The number of aromatic nitrogens is 1. The molecule has 0 radical (unpaired) electrons. The van der Waals surface area contributed by atoms with Crippen LogP contribution in [0.3, 0.4) is 0 Å². The summed E-state index contributed by atoms with van der Waals surface area (Å²) in [5, 5.41) is 12.1. The summed E-state index contributed by atoms with van der Waals surface area (Å²) < 4.78 is 15.1. The number of halogens is 1. The summed E-state index contributed by atoms with van der Waals surface area (Å²) in [5.74, 6) is -0.258. The summed E-state index contributed by atoms with van der Waals surface area (Å²) >= 11 is 0. The molecule has 0 aliphatic heterocycles. The van der Waals surface area contributed by atoms with E-state index in [0.29, 0.717) is 5.92 Å². The first-order chi connectivity index (χ1) is 12.3. The smallest absolute Gasteiger partial charge is 0.262 e. The number of benzene rings is 1. The summed E-state index contributed by atoms with van der Waals surface area (Å²) in [6.45, 7) is 9.45. The number of rotatable bonds is 6. The maximum absolute atomic E-state index is 12.9. The maximum atomic E-state index is 12.9. The van der Waals surface area contributed by atoms with Gasteiger partial charge in [-0.05, 0) is 55.2 Å². The molecule has 0 spiro atoms. The Balaban J connectivity index is 2.15. The van der Waals surface area contributed by atoms with Gasteiger partial charge in [-0.1, -0.05) is 26.0 Å². The number of carbonyl (C=O) groups excluding carboxylic acids is 1. The van der Waals surface area contributed by atoms with E-state index in [0.717, 1.165) is 29.1 Å². The molecule has 4 nitrogen and oxygen atoms in total. The fraction of sp³-hybridized carbons (Fsp3) is 0.333. The molecule has 1 amide bonds. The Morgan fingerprint density at radius 1 is 1.31 bits per heavy atom. The molecule has 1 heterocycles. The van der Waals surface area contributed by atoms with Gasteiger partial charge in [0.15, 0.2) is 0 Å². The van der Waals surface area contributed by atoms with E-state index in [2.05, 4.69) is 23.7 Å². The lowest BCUT2D eigenvalue weighted by molar-refractivity contribution is -0.117. The van der Waals surface area contributed by atoms with E-state index in [1.54, 1.807) is 18.2 Å². The topological polar surface area (TPSA) is 57.8 Å². The van der Waals surface area contributed by atoms with Crippen LogP contribution in [0.1, 0.15) is 36.4 Å². The molecule has 0 unspecified atom stereocenters. The number of nitriles is 1. The Morgan fingerprint density at radius 3 is 2.54 bits per heavy atom. The van der Waals surface area contributed by atoms with Crippen molar-refractivity contribution >= 4 is 12.0 Å². The van der Waals surface area contributed by atoms with E-state index in [1.807, 2.05) is 26.0 Å². The van der Waals surface area contributed by atoms with Gasteiger partial charge in [-0.3, -0.25) is 4.79 Å². The molecule has 0 aliphatic rings. The number of amides is 1. The van der Waals surface area contributed by atoms with Crippen LogP contribution in [-0.2, 0) is 17.9 Å². The van der Waals surface area contributed by atoms with E-state index in [9.17, 15) is 14.4 Å². The standard InChI is InChI=1S/C21H24FN3O/c1-14(2)13-25-15(3)9-18(16(25)4)10-19(11-23)21(26)24-12-17-5-7-20(22)8-6-17/h5-10,14H,12-13H2,1-4H3,(H,24,26)/b19-10+. The number of nitrogens with one attached hydrogen (secondary N) is 1. The molecule has 1 N–H and O–H groups in total. The highest BCUT2D eigenvalue weighted by Crippen LogP contribution is 2.19. The van der Waals surface area contributed by atoms with Crippen LogP contribution in [0.2, 0.25) is 0 Å². The normalized spacial score (nSPS) is 11.5. The molecule has 26 heavy (non-hydrogen) atoms. The van der Waals surface area contributed by atoms with E-state index in [4.69, 9.17) is 0 Å². The van der Waals surface area contributed by atoms with Crippen molar-refractivity contribution in [3.63, 3.8) is 0 Å². The molecule has 0 bridgehead atoms. The zero-order chi connectivity index (χ0) is 19.3. The van der Waals surface area contributed by atoms with Crippen molar-refractivity contribution in [3.05, 3.63) is 64.2 Å². The van der Waals surface area contributed by atoms with Crippen molar-refractivity contribution in [1.29, 1.82) is 5.26 Å². The van der Waals surface area contributed by atoms with Crippen molar-refractivity contribution in [2.45, 2.75) is 40.8 Å². The summed E-state index contributed by atoms with van der Waals surface area (Å²) in [6, 6.07) is 9.84. The van der Waals surface area contributed by atoms with Crippen LogP contribution in [0.25, 0.3) is 6.08 Å². The van der Waals surface area contributed by atoms with Crippen LogP contribution < -0.4 is 5.32 Å². The lowest BCUT2D eigenvalue weighted by Crippen LogP contribution is -2.23. The summed E-state index contributed by atoms with van der Waals surface area (Å²) in [7, 11) is 0. The van der Waals surface area contributed by atoms with Gasteiger partial charge in [0.2, 0.25) is 0 Å². The molecule has 1 aromatic heterocycles. The predicted octanol–water partition coefficient (Wildman–Crippen LogP) is 4.12. The predicted molar refractivity (Wildman–Crippen MR) is 101 cm³/mol. The summed E-state index contributed by atoms with van der Waals surface area (Å²) in [5.41, 5.74) is 3.84. The van der Waals surface area contributed by atoms with E-state index in [-0.39, 0.29) is 17.9 Å². The lowest BCUT2D eigenvalue weighted by atomic mass is 10.1. The average molecular weight is 353 g/mol. The zero-order valence-corrected chi connectivity index (χ0v) is 15.6. The van der Waals surface area contributed by atoms with Crippen molar-refractivity contribution in [2.24, 2.45) is 5.92 Å². The molecule has 2 rings (SSSR count). The first-order valence-electron chi connectivity index (χ1n) is 8.63. The Kier molecular flexibility index (Phi) is 6.35. The first kappa shape index (κ1) is 19.5. The first-order valence-corrected chi connectivity index (χ1v) is 8.63. The van der Waals surface area contributed by atoms with Crippen LogP contribution in [0.5, 0.6) is 0 Å². The summed E-state index contributed by atoms with van der Waals surface area (Å²) in [4.78, 5) is 12.3. The minimum Gasteiger partial charge on any atom is -0.348 e. The van der Waals surface area contributed by atoms with Crippen LogP contribution in [0.15, 0.2) is 35.9 Å². The Bertz CT molecular complexity index is 855. The number of nitrogens with zero attached hydrogens (tertiary/aromatic N) is 2. The molecule has 0 aliphatic carbocycles. The Labute approximate surface area is 154 Å².